The zero-order valence-electron chi connectivity index (χ0n) is 15.4. The predicted octanol–water partition coefficient (Wildman–Crippen LogP) is 2.44. The smallest absolute Gasteiger partial charge is 0.261 e. The Morgan fingerprint density at radius 2 is 2.19 bits per heavy atom. The monoisotopic (exact) mass is 376 g/mol. The maximum absolute atomic E-state index is 12.5. The Labute approximate surface area is 159 Å². The average Bonchev–Trinajstić information content (AvgIpc) is 3.40. The zero-order valence-corrected chi connectivity index (χ0v) is 16.2. The van der Waals surface area contributed by atoms with E-state index in [9.17, 15) is 4.79 Å². The van der Waals surface area contributed by atoms with E-state index in [0.717, 1.165) is 57.0 Å². The molecule has 142 valence electrons. The van der Waals surface area contributed by atoms with Gasteiger partial charge >= 0.3 is 0 Å². The molecule has 1 N–H and O–H groups in total. The fourth-order valence-electron chi connectivity index (χ4n) is 5.68. The predicted molar refractivity (Wildman–Crippen MR) is 101 cm³/mol. The molecule has 5 nitrogen and oxygen atoms in total. The van der Waals surface area contributed by atoms with Gasteiger partial charge in [0.25, 0.3) is 5.91 Å². The third-order valence-corrected chi connectivity index (χ3v) is 7.98. The van der Waals surface area contributed by atoms with E-state index >= 15 is 0 Å². The number of carbonyl (C=O) groups is 1. The second kappa shape index (κ2) is 6.59. The van der Waals surface area contributed by atoms with E-state index in [4.69, 9.17) is 9.47 Å². The van der Waals surface area contributed by atoms with Crippen molar-refractivity contribution in [2.75, 3.05) is 32.8 Å². The molecule has 4 aliphatic rings. The van der Waals surface area contributed by atoms with Crippen LogP contribution in [0.5, 0.6) is 0 Å². The van der Waals surface area contributed by atoms with Gasteiger partial charge in [-0.25, -0.2) is 0 Å². The van der Waals surface area contributed by atoms with E-state index in [1.165, 1.54) is 11.3 Å². The van der Waals surface area contributed by atoms with Crippen LogP contribution in [0.2, 0.25) is 0 Å². The standard InChI is InChI=1S/C20H28N2O3S/c1-13-2-3-18(26-13)19(23)21-10-15-16-11-22(14-5-8-24-9-6-14)12-20(16)7-4-17(15)25-20/h2-3,14-17H,4-12H2,1H3,(H,21,23)/t15-,16+,17+,20+/m0/s1. The van der Waals surface area contributed by atoms with Crippen LogP contribution in [0.15, 0.2) is 12.1 Å². The Balaban J connectivity index is 1.25. The molecule has 1 aromatic heterocycles. The van der Waals surface area contributed by atoms with Gasteiger partial charge in [0, 0.05) is 55.6 Å². The molecule has 4 aliphatic heterocycles. The van der Waals surface area contributed by atoms with Gasteiger partial charge < -0.3 is 14.8 Å². The van der Waals surface area contributed by atoms with Crippen LogP contribution in [0.1, 0.15) is 40.2 Å². The fraction of sp³-hybridized carbons (Fsp3) is 0.750. The lowest BCUT2D eigenvalue weighted by molar-refractivity contribution is -0.0122. The minimum absolute atomic E-state index is 0.0535. The van der Waals surface area contributed by atoms with Crippen LogP contribution in [-0.2, 0) is 9.47 Å². The Kier molecular flexibility index (Phi) is 4.35. The Morgan fingerprint density at radius 3 is 2.96 bits per heavy atom. The number of nitrogens with zero attached hydrogens (tertiary/aromatic N) is 1. The number of hydrogen-bond acceptors (Lipinski definition) is 5. The van der Waals surface area contributed by atoms with Crippen LogP contribution in [0.4, 0.5) is 0 Å². The highest BCUT2D eigenvalue weighted by atomic mass is 32.1. The van der Waals surface area contributed by atoms with Crippen LogP contribution in [0.3, 0.4) is 0 Å². The summed E-state index contributed by atoms with van der Waals surface area (Å²) < 4.78 is 12.1. The highest BCUT2D eigenvalue weighted by Crippen LogP contribution is 2.55. The van der Waals surface area contributed by atoms with E-state index in [1.807, 2.05) is 19.1 Å². The Bertz CT molecular complexity index is 686. The topological polar surface area (TPSA) is 50.8 Å². The number of likely N-dealkylation sites (tertiary alicyclic amines) is 1. The van der Waals surface area contributed by atoms with Crippen LogP contribution >= 0.6 is 11.3 Å². The van der Waals surface area contributed by atoms with Gasteiger partial charge in [0.05, 0.1) is 16.6 Å². The average molecular weight is 377 g/mol. The number of thiophene rings is 1. The highest BCUT2D eigenvalue weighted by molar-refractivity contribution is 7.13. The molecule has 4 saturated heterocycles. The molecule has 26 heavy (non-hydrogen) atoms. The summed E-state index contributed by atoms with van der Waals surface area (Å²) in [6.07, 6.45) is 4.96. The lowest BCUT2D eigenvalue weighted by Gasteiger charge is -2.32. The lowest BCUT2D eigenvalue weighted by atomic mass is 9.73. The molecule has 2 bridgehead atoms. The second-order valence-electron chi connectivity index (χ2n) is 8.42. The number of rotatable bonds is 4. The molecule has 0 unspecified atom stereocenters. The summed E-state index contributed by atoms with van der Waals surface area (Å²) >= 11 is 1.57. The van der Waals surface area contributed by atoms with Gasteiger partial charge in [-0.1, -0.05) is 0 Å². The van der Waals surface area contributed by atoms with Crippen molar-refractivity contribution in [2.24, 2.45) is 11.8 Å². The molecule has 4 fully saturated rings. The Hall–Kier alpha value is -0.950. The van der Waals surface area contributed by atoms with Crippen molar-refractivity contribution in [2.45, 2.75) is 50.4 Å². The lowest BCUT2D eigenvalue weighted by Crippen LogP contribution is -2.41. The summed E-state index contributed by atoms with van der Waals surface area (Å²) in [6.45, 7) is 6.77. The van der Waals surface area contributed by atoms with Crippen LogP contribution < -0.4 is 5.32 Å². The third kappa shape index (κ3) is 2.82. The molecule has 0 radical (unpaired) electrons. The van der Waals surface area contributed by atoms with E-state index in [0.29, 0.717) is 24.0 Å². The number of nitrogens with one attached hydrogen (secondary N) is 1. The summed E-state index contributed by atoms with van der Waals surface area (Å²) in [6, 6.07) is 4.59. The molecule has 1 spiro atoms. The number of fused-ring (bicyclic) bond motifs is 1. The molecule has 0 aliphatic carbocycles. The van der Waals surface area contributed by atoms with Gasteiger partial charge in [-0.3, -0.25) is 9.69 Å². The fourth-order valence-corrected chi connectivity index (χ4v) is 6.47. The summed E-state index contributed by atoms with van der Waals surface area (Å²) in [5, 5.41) is 3.20. The number of carbonyl (C=O) groups excluding carboxylic acids is 1. The van der Waals surface area contributed by atoms with E-state index < -0.39 is 0 Å². The van der Waals surface area contributed by atoms with Crippen LogP contribution in [-0.4, -0.2) is 61.4 Å². The minimum atomic E-state index is 0.0535. The minimum Gasteiger partial charge on any atom is -0.381 e. The molecule has 5 rings (SSSR count). The van der Waals surface area contributed by atoms with Gasteiger partial charge in [0.1, 0.15) is 0 Å². The first-order chi connectivity index (χ1) is 12.6. The van der Waals surface area contributed by atoms with Crippen molar-refractivity contribution in [3.8, 4) is 0 Å². The molecule has 5 heterocycles. The van der Waals surface area contributed by atoms with Crippen LogP contribution in [0.25, 0.3) is 0 Å². The molecule has 1 amide bonds. The van der Waals surface area contributed by atoms with Gasteiger partial charge in [-0.2, -0.15) is 0 Å². The van der Waals surface area contributed by atoms with E-state index in [2.05, 4.69) is 10.2 Å². The number of hydrogen-bond donors (Lipinski definition) is 1. The quantitative estimate of drug-likeness (QED) is 0.877. The van der Waals surface area contributed by atoms with Crippen molar-refractivity contribution >= 4 is 17.2 Å². The first-order valence-corrected chi connectivity index (χ1v) is 10.8. The third-order valence-electron chi connectivity index (χ3n) is 6.98. The van der Waals surface area contributed by atoms with Crippen LogP contribution in [0, 0.1) is 18.8 Å². The summed E-state index contributed by atoms with van der Waals surface area (Å²) in [5.41, 5.74) is 0.0535. The van der Waals surface area contributed by atoms with Gasteiger partial charge in [0.2, 0.25) is 0 Å². The largest absolute Gasteiger partial charge is 0.381 e. The normalized spacial score (nSPS) is 37.2. The first kappa shape index (κ1) is 17.2. The molecule has 0 aromatic carbocycles. The summed E-state index contributed by atoms with van der Waals surface area (Å²) in [7, 11) is 0. The molecule has 4 atom stereocenters. The highest BCUT2D eigenvalue weighted by Gasteiger charge is 2.63. The SMILES string of the molecule is Cc1ccc(C(=O)NC[C@H]2[C@H]3CN(C4CCOCC4)C[C@]34CC[C@H]2O4)s1. The van der Waals surface area contributed by atoms with Crippen molar-refractivity contribution in [1.82, 2.24) is 10.2 Å². The van der Waals surface area contributed by atoms with E-state index in [-0.39, 0.29) is 11.5 Å². The molecule has 6 heteroatoms. The number of ether oxygens (including phenoxy) is 2. The summed E-state index contributed by atoms with van der Waals surface area (Å²) in [4.78, 5) is 17.1. The first-order valence-electron chi connectivity index (χ1n) is 9.99. The molecule has 1 aromatic rings. The van der Waals surface area contributed by atoms with Crippen molar-refractivity contribution in [1.29, 1.82) is 0 Å². The van der Waals surface area contributed by atoms with Gasteiger partial charge in [-0.05, 0) is 44.7 Å². The molecular formula is C20H28N2O3S. The number of aryl methyl sites for hydroxylation is 1. The van der Waals surface area contributed by atoms with Crippen molar-refractivity contribution in [3.05, 3.63) is 21.9 Å². The number of amides is 1. The summed E-state index contributed by atoms with van der Waals surface area (Å²) in [5.74, 6) is 1.09. The Morgan fingerprint density at radius 1 is 1.35 bits per heavy atom. The van der Waals surface area contributed by atoms with Gasteiger partial charge in [-0.15, -0.1) is 11.3 Å². The zero-order chi connectivity index (χ0) is 17.7. The molecule has 0 saturated carbocycles. The second-order valence-corrected chi connectivity index (χ2v) is 9.71. The van der Waals surface area contributed by atoms with Gasteiger partial charge in [0.15, 0.2) is 0 Å². The van der Waals surface area contributed by atoms with E-state index in [1.54, 1.807) is 11.3 Å². The molecular weight excluding hydrogens is 348 g/mol. The maximum atomic E-state index is 12.5. The van der Waals surface area contributed by atoms with Crippen molar-refractivity contribution in [3.63, 3.8) is 0 Å². The van der Waals surface area contributed by atoms with Crippen molar-refractivity contribution < 1.29 is 14.3 Å². The maximum Gasteiger partial charge on any atom is 0.261 e.